The maximum absolute atomic E-state index is 8.81. The summed E-state index contributed by atoms with van der Waals surface area (Å²) in [5.74, 6) is 0. The zero-order valence-corrected chi connectivity index (χ0v) is 7.21. The molecule has 0 aliphatic rings. The van der Waals surface area contributed by atoms with Crippen molar-refractivity contribution in [2.75, 3.05) is 0 Å². The van der Waals surface area contributed by atoms with Crippen molar-refractivity contribution in [3.63, 3.8) is 0 Å². The molecule has 0 amide bonds. The van der Waals surface area contributed by atoms with E-state index in [0.29, 0.717) is 0 Å². The molecule has 0 saturated carbocycles. The van der Waals surface area contributed by atoms with Gasteiger partial charge in [0.1, 0.15) is 6.29 Å². The van der Waals surface area contributed by atoms with Gasteiger partial charge >= 0.3 is 0 Å². The van der Waals surface area contributed by atoms with Gasteiger partial charge in [0, 0.05) is 0 Å². The van der Waals surface area contributed by atoms with Crippen LogP contribution in [0.1, 0.15) is 13.8 Å². The Balaban J connectivity index is -0.0000000233. The number of carbonyl (C=O) groups is 1. The van der Waals surface area contributed by atoms with E-state index in [-0.39, 0.29) is 24.1 Å². The number of hydrogen-bond acceptors (Lipinski definition) is 3. The smallest absolute Gasteiger partial charge is 0.116 e. The van der Waals surface area contributed by atoms with Gasteiger partial charge in [-0.3, -0.25) is 0 Å². The van der Waals surface area contributed by atoms with Gasteiger partial charge in [0.25, 0.3) is 0 Å². The Hall–Kier alpha value is 0.170. The minimum Gasteiger partial charge on any atom is -0.344 e. The third-order valence-corrected chi connectivity index (χ3v) is 0. The molecule has 0 saturated heterocycles. The highest BCUT2D eigenvalue weighted by atomic mass is 35.5. The molecule has 0 aliphatic carbocycles. The number of hydrogen-bond donors (Lipinski definition) is 2. The highest BCUT2D eigenvalue weighted by Gasteiger charge is 1.70. The second kappa shape index (κ2) is 24.2. The average molecular weight is 177 g/mol. The highest BCUT2D eigenvalue weighted by Crippen LogP contribution is 1.74. The van der Waals surface area contributed by atoms with Crippen molar-refractivity contribution < 1.29 is 4.79 Å². The summed E-state index contributed by atoms with van der Waals surface area (Å²) in [5, 5.41) is 0. The second-order valence-electron chi connectivity index (χ2n) is 0.913. The minimum absolute atomic E-state index is 0. The molecule has 0 fully saturated rings. The summed E-state index contributed by atoms with van der Waals surface area (Å²) in [6, 6.07) is 0. The van der Waals surface area contributed by atoms with Crippen LogP contribution in [0.3, 0.4) is 0 Å². The Morgan fingerprint density at radius 3 is 1.67 bits per heavy atom. The number of alkyl halides is 1. The van der Waals surface area contributed by atoms with Gasteiger partial charge in [0.15, 0.2) is 0 Å². The molecule has 5 N–H and O–H groups in total. The molecular weight excluding hydrogens is 163 g/mol. The first kappa shape index (κ1) is 22.9. The second-order valence-corrected chi connectivity index (χ2v) is 1.60. The zero-order chi connectivity index (χ0) is 6.28. The van der Waals surface area contributed by atoms with Gasteiger partial charge in [-0.2, -0.15) is 0 Å². The molecule has 60 valence electrons. The van der Waals surface area contributed by atoms with E-state index in [0.717, 1.165) is 6.29 Å². The van der Waals surface area contributed by atoms with Gasteiger partial charge in [0.2, 0.25) is 0 Å². The lowest BCUT2D eigenvalue weighted by Crippen LogP contribution is -2.03. The lowest BCUT2D eigenvalue weighted by Gasteiger charge is -1.78. The zero-order valence-electron chi connectivity index (χ0n) is 5.63. The molecule has 0 rings (SSSR count). The van der Waals surface area contributed by atoms with Crippen LogP contribution in [0.2, 0.25) is 0 Å². The van der Waals surface area contributed by atoms with Gasteiger partial charge < -0.3 is 16.7 Å². The number of halogens is 2. The van der Waals surface area contributed by atoms with Crippen LogP contribution >= 0.6 is 24.0 Å². The van der Waals surface area contributed by atoms with Crippen molar-refractivity contribution in [3.05, 3.63) is 0 Å². The van der Waals surface area contributed by atoms with Crippen LogP contribution in [-0.2, 0) is 4.79 Å². The van der Waals surface area contributed by atoms with E-state index < -0.39 is 0 Å². The Morgan fingerprint density at radius 2 is 1.67 bits per heavy atom. The maximum Gasteiger partial charge on any atom is 0.116 e. The van der Waals surface area contributed by atoms with E-state index >= 15 is 0 Å². The van der Waals surface area contributed by atoms with Crippen LogP contribution in [0.4, 0.5) is 0 Å². The molecule has 0 aliphatic heterocycles. The Bertz CT molecular complexity index is 40.8. The predicted octanol–water partition coefficient (Wildman–Crippen LogP) is 1.32. The van der Waals surface area contributed by atoms with Crippen LogP contribution in [0.5, 0.6) is 0 Å². The molecule has 0 spiro atoms. The normalized spacial score (nSPS) is 8.44. The first-order chi connectivity index (χ1) is 3.15. The first-order valence-electron chi connectivity index (χ1n) is 1.94. The van der Waals surface area contributed by atoms with Crippen molar-refractivity contribution in [1.29, 1.82) is 0 Å². The van der Waals surface area contributed by atoms with E-state index in [1.165, 1.54) is 6.92 Å². The molecule has 0 radical (unpaired) electrons. The summed E-state index contributed by atoms with van der Waals surface area (Å²) >= 11 is 5.05. The minimum atomic E-state index is -0.194. The van der Waals surface area contributed by atoms with Gasteiger partial charge in [-0.05, 0) is 13.8 Å². The molecule has 0 aromatic heterocycles. The summed E-state index contributed by atoms with van der Waals surface area (Å²) < 4.78 is 0. The fourth-order valence-corrected chi connectivity index (χ4v) is 0. The first-order valence-corrected chi connectivity index (χ1v) is 2.38. The Labute approximate surface area is 66.9 Å². The third-order valence-electron chi connectivity index (χ3n) is 0. The molecule has 0 heterocycles. The SMILES string of the molecule is CC(N)Cl.CC=O.Cl.N. The van der Waals surface area contributed by atoms with Gasteiger partial charge in [-0.25, -0.2) is 0 Å². The summed E-state index contributed by atoms with van der Waals surface area (Å²) in [6.45, 7) is 3.15. The molecule has 9 heavy (non-hydrogen) atoms. The van der Waals surface area contributed by atoms with Crippen molar-refractivity contribution >= 4 is 30.3 Å². The van der Waals surface area contributed by atoms with Crippen LogP contribution in [-0.4, -0.2) is 11.8 Å². The maximum atomic E-state index is 8.81. The van der Waals surface area contributed by atoms with E-state index in [9.17, 15) is 0 Å². The highest BCUT2D eigenvalue weighted by molar-refractivity contribution is 6.19. The third kappa shape index (κ3) is 10800. The van der Waals surface area contributed by atoms with Gasteiger partial charge in [-0.1, -0.05) is 0 Å². The van der Waals surface area contributed by atoms with Gasteiger partial charge in [0.05, 0.1) is 5.50 Å². The van der Waals surface area contributed by atoms with Crippen molar-refractivity contribution in [2.24, 2.45) is 5.73 Å². The standard InChI is InChI=1S/C2H6ClN.C2H4O.ClH.H3N/c1-2(3)4;1-2-3;;/h2H,4H2,1H3;2H,1H3;1H;1H3. The molecule has 1 atom stereocenters. The fourth-order valence-electron chi connectivity index (χ4n) is 0. The molecule has 0 aromatic rings. The largest absolute Gasteiger partial charge is 0.344 e. The molecule has 1 unspecified atom stereocenters. The van der Waals surface area contributed by atoms with E-state index in [1.54, 1.807) is 6.92 Å². The van der Waals surface area contributed by atoms with E-state index in [4.69, 9.17) is 22.1 Å². The lowest BCUT2D eigenvalue weighted by molar-refractivity contribution is -0.106. The topological polar surface area (TPSA) is 78.1 Å². The Morgan fingerprint density at radius 1 is 1.67 bits per heavy atom. The number of carbonyl (C=O) groups excluding carboxylic acids is 1. The van der Waals surface area contributed by atoms with Crippen LogP contribution in [0, 0.1) is 0 Å². The number of rotatable bonds is 0. The monoisotopic (exact) mass is 176 g/mol. The average Bonchev–Trinajstić information content (AvgIpc) is 1.33. The van der Waals surface area contributed by atoms with Crippen molar-refractivity contribution in [2.45, 2.75) is 19.3 Å². The molecule has 3 nitrogen and oxygen atoms in total. The van der Waals surface area contributed by atoms with E-state index in [2.05, 4.69) is 0 Å². The van der Waals surface area contributed by atoms with Crippen molar-refractivity contribution in [3.8, 4) is 0 Å². The molecule has 0 bridgehead atoms. The quantitative estimate of drug-likeness (QED) is 0.332. The van der Waals surface area contributed by atoms with Crippen LogP contribution < -0.4 is 11.9 Å². The fraction of sp³-hybridized carbons (Fsp3) is 0.750. The van der Waals surface area contributed by atoms with Crippen molar-refractivity contribution in [1.82, 2.24) is 6.15 Å². The summed E-state index contributed by atoms with van der Waals surface area (Å²) in [7, 11) is 0. The molecular formula is C4H14Cl2N2O. The molecule has 0 aromatic carbocycles. The lowest BCUT2D eigenvalue weighted by atomic mass is 10.8. The Kier molecular flexibility index (Phi) is 61.5. The van der Waals surface area contributed by atoms with Gasteiger partial charge in [-0.15, -0.1) is 24.0 Å². The van der Waals surface area contributed by atoms with E-state index in [1.807, 2.05) is 0 Å². The predicted molar refractivity (Wildman–Crippen MR) is 43.5 cm³/mol. The summed E-state index contributed by atoms with van der Waals surface area (Å²) in [5.41, 5.74) is 4.68. The summed E-state index contributed by atoms with van der Waals surface area (Å²) in [6.07, 6.45) is 0.750. The molecule has 5 heteroatoms. The number of aldehydes is 1. The summed E-state index contributed by atoms with van der Waals surface area (Å²) in [4.78, 5) is 8.81. The van der Waals surface area contributed by atoms with Crippen LogP contribution in [0.25, 0.3) is 0 Å². The van der Waals surface area contributed by atoms with Crippen LogP contribution in [0.15, 0.2) is 0 Å². The number of nitrogens with two attached hydrogens (primary N) is 1.